The number of hydrogen-bond acceptors (Lipinski definition) is 8. The Kier molecular flexibility index (Phi) is 17.1. The van der Waals surface area contributed by atoms with Crippen molar-refractivity contribution in [2.45, 2.75) is 53.8 Å². The number of hydrogen-bond donors (Lipinski definition) is 4. The third-order valence-corrected chi connectivity index (χ3v) is 3.67. The van der Waals surface area contributed by atoms with Crippen molar-refractivity contribution in [1.82, 2.24) is 10.6 Å². The number of aliphatic hydroxyl groups excluding tert-OH is 2. The lowest BCUT2D eigenvalue weighted by Crippen LogP contribution is -2.33. The quantitative estimate of drug-likeness (QED) is 0.223. The lowest BCUT2D eigenvalue weighted by Gasteiger charge is -2.20. The van der Waals surface area contributed by atoms with E-state index in [1.807, 2.05) is 0 Å². The van der Waals surface area contributed by atoms with Gasteiger partial charge in [-0.05, 0) is 10.8 Å². The molecule has 0 amide bonds. The highest BCUT2D eigenvalue weighted by atomic mass is 16.5. The van der Waals surface area contributed by atoms with Gasteiger partial charge in [-0.2, -0.15) is 0 Å². The smallest absolute Gasteiger partial charge is 0.0897 e. The van der Waals surface area contributed by atoms with Gasteiger partial charge < -0.3 is 39.8 Å². The van der Waals surface area contributed by atoms with Gasteiger partial charge >= 0.3 is 0 Å². The van der Waals surface area contributed by atoms with Crippen molar-refractivity contribution < 1.29 is 29.2 Å². The molecule has 182 valence electrons. The van der Waals surface area contributed by atoms with Crippen LogP contribution in [0.2, 0.25) is 0 Å². The van der Waals surface area contributed by atoms with Gasteiger partial charge in [-0.1, -0.05) is 41.5 Å². The normalized spacial score (nSPS) is 14.8. The van der Waals surface area contributed by atoms with Crippen molar-refractivity contribution in [1.29, 1.82) is 0 Å². The Balaban J connectivity index is 3.29. The molecule has 0 aromatic rings. The summed E-state index contributed by atoms with van der Waals surface area (Å²) in [6, 6.07) is 0. The zero-order valence-electron chi connectivity index (χ0n) is 20.2. The summed E-state index contributed by atoms with van der Waals surface area (Å²) in [5.41, 5.74) is 0.225. The van der Waals surface area contributed by atoms with E-state index in [0.29, 0.717) is 79.0 Å². The fourth-order valence-corrected chi connectivity index (χ4v) is 2.27. The van der Waals surface area contributed by atoms with Gasteiger partial charge in [-0.3, -0.25) is 0 Å². The lowest BCUT2D eigenvalue weighted by atomic mass is 9.99. The molecule has 0 rings (SSSR count). The molecule has 0 bridgehead atoms. The molecule has 0 saturated carbocycles. The van der Waals surface area contributed by atoms with E-state index >= 15 is 0 Å². The van der Waals surface area contributed by atoms with Crippen molar-refractivity contribution in [3.05, 3.63) is 0 Å². The Morgan fingerprint density at radius 1 is 0.600 bits per heavy atom. The van der Waals surface area contributed by atoms with Crippen LogP contribution in [0.4, 0.5) is 0 Å². The number of ether oxygens (including phenoxy) is 4. The predicted octanol–water partition coefficient (Wildman–Crippen LogP) is 1.05. The Hall–Kier alpha value is -0.320. The molecule has 2 unspecified atom stereocenters. The van der Waals surface area contributed by atoms with Gasteiger partial charge in [0.15, 0.2) is 0 Å². The largest absolute Gasteiger partial charge is 0.389 e. The summed E-state index contributed by atoms with van der Waals surface area (Å²) in [7, 11) is 0. The molecule has 0 saturated heterocycles. The third kappa shape index (κ3) is 24.0. The van der Waals surface area contributed by atoms with Crippen LogP contribution in [0.15, 0.2) is 0 Å². The molecule has 30 heavy (non-hydrogen) atoms. The summed E-state index contributed by atoms with van der Waals surface area (Å²) < 4.78 is 21.9. The van der Waals surface area contributed by atoms with Crippen LogP contribution in [0.5, 0.6) is 0 Å². The maximum absolute atomic E-state index is 9.82. The van der Waals surface area contributed by atoms with Crippen LogP contribution in [-0.2, 0) is 18.9 Å². The Morgan fingerprint density at radius 3 is 1.30 bits per heavy atom. The Labute approximate surface area is 184 Å². The molecule has 0 aliphatic heterocycles. The van der Waals surface area contributed by atoms with Gasteiger partial charge in [0.05, 0.1) is 65.1 Å². The second-order valence-corrected chi connectivity index (χ2v) is 10.1. The molecule has 0 spiro atoms. The first-order valence-corrected chi connectivity index (χ1v) is 11.1. The second kappa shape index (κ2) is 17.3. The highest BCUT2D eigenvalue weighted by molar-refractivity contribution is 4.63. The average Bonchev–Trinajstić information content (AvgIpc) is 2.60. The maximum atomic E-state index is 9.82. The van der Waals surface area contributed by atoms with E-state index in [2.05, 4.69) is 52.2 Å². The number of aliphatic hydroxyl groups is 2. The highest BCUT2D eigenvalue weighted by Gasteiger charge is 2.12. The van der Waals surface area contributed by atoms with Crippen molar-refractivity contribution in [2.75, 3.05) is 79.0 Å². The fourth-order valence-electron chi connectivity index (χ4n) is 2.27. The molecule has 0 radical (unpaired) electrons. The topological polar surface area (TPSA) is 101 Å². The van der Waals surface area contributed by atoms with E-state index in [1.54, 1.807) is 0 Å². The maximum Gasteiger partial charge on any atom is 0.0897 e. The van der Waals surface area contributed by atoms with Crippen LogP contribution in [0, 0.1) is 10.8 Å². The standard InChI is InChI=1S/C22H48N2O6/c1-21(2,3)17-29-15-19(25)13-23-7-9-27-11-12-28-10-8-24-14-20(26)16-30-18-22(4,5)6/h19-20,23-26H,7-18H2,1-6H3. The molecule has 0 fully saturated rings. The van der Waals surface area contributed by atoms with Gasteiger partial charge in [0, 0.05) is 26.2 Å². The fraction of sp³-hybridized carbons (Fsp3) is 1.00. The first-order valence-electron chi connectivity index (χ1n) is 11.1. The first-order chi connectivity index (χ1) is 14.0. The van der Waals surface area contributed by atoms with Crippen LogP contribution in [-0.4, -0.2) is 101 Å². The van der Waals surface area contributed by atoms with E-state index < -0.39 is 12.2 Å². The summed E-state index contributed by atoms with van der Waals surface area (Å²) in [5.74, 6) is 0. The van der Waals surface area contributed by atoms with Gasteiger partial charge in [0.2, 0.25) is 0 Å². The van der Waals surface area contributed by atoms with Gasteiger partial charge in [0.25, 0.3) is 0 Å². The van der Waals surface area contributed by atoms with Gasteiger partial charge in [-0.15, -0.1) is 0 Å². The zero-order valence-corrected chi connectivity index (χ0v) is 20.2. The third-order valence-electron chi connectivity index (χ3n) is 3.67. The van der Waals surface area contributed by atoms with Crippen molar-refractivity contribution in [3.8, 4) is 0 Å². The molecule has 0 aliphatic carbocycles. The second-order valence-electron chi connectivity index (χ2n) is 10.1. The SMILES string of the molecule is CC(C)(C)COCC(O)CNCCOCCOCCNCC(O)COCC(C)(C)C. The molecule has 4 N–H and O–H groups in total. The summed E-state index contributed by atoms with van der Waals surface area (Å²) in [6.45, 7) is 19.1. The van der Waals surface area contributed by atoms with Crippen LogP contribution < -0.4 is 10.6 Å². The minimum atomic E-state index is -0.508. The van der Waals surface area contributed by atoms with Gasteiger partial charge in [-0.25, -0.2) is 0 Å². The molecule has 8 nitrogen and oxygen atoms in total. The summed E-state index contributed by atoms with van der Waals surface area (Å²) in [6.07, 6.45) is -1.02. The Morgan fingerprint density at radius 2 is 0.967 bits per heavy atom. The molecule has 0 aromatic heterocycles. The minimum absolute atomic E-state index is 0.112. The Bertz CT molecular complexity index is 349. The summed E-state index contributed by atoms with van der Waals surface area (Å²) >= 11 is 0. The lowest BCUT2D eigenvalue weighted by molar-refractivity contribution is 0.00500. The van der Waals surface area contributed by atoms with E-state index in [0.717, 1.165) is 0 Å². The molecule has 0 heterocycles. The molecule has 8 heteroatoms. The van der Waals surface area contributed by atoms with E-state index in [9.17, 15) is 10.2 Å². The first kappa shape index (κ1) is 29.7. The van der Waals surface area contributed by atoms with Crippen LogP contribution in [0.1, 0.15) is 41.5 Å². The van der Waals surface area contributed by atoms with E-state index in [-0.39, 0.29) is 10.8 Å². The number of nitrogens with one attached hydrogen (secondary N) is 2. The number of rotatable bonds is 19. The van der Waals surface area contributed by atoms with E-state index in [4.69, 9.17) is 18.9 Å². The predicted molar refractivity (Wildman–Crippen MR) is 120 cm³/mol. The van der Waals surface area contributed by atoms with Crippen molar-refractivity contribution in [3.63, 3.8) is 0 Å². The van der Waals surface area contributed by atoms with Gasteiger partial charge in [0.1, 0.15) is 0 Å². The zero-order chi connectivity index (χ0) is 22.9. The molecular weight excluding hydrogens is 388 g/mol. The van der Waals surface area contributed by atoms with Crippen molar-refractivity contribution in [2.24, 2.45) is 10.8 Å². The molecular formula is C22H48N2O6. The van der Waals surface area contributed by atoms with Crippen LogP contribution >= 0.6 is 0 Å². The summed E-state index contributed by atoms with van der Waals surface area (Å²) in [5, 5.41) is 25.9. The van der Waals surface area contributed by atoms with E-state index in [1.165, 1.54) is 0 Å². The molecule has 0 aliphatic rings. The highest BCUT2D eigenvalue weighted by Crippen LogP contribution is 2.13. The summed E-state index contributed by atoms with van der Waals surface area (Å²) in [4.78, 5) is 0. The average molecular weight is 437 g/mol. The van der Waals surface area contributed by atoms with Crippen LogP contribution in [0.25, 0.3) is 0 Å². The van der Waals surface area contributed by atoms with Crippen molar-refractivity contribution >= 4 is 0 Å². The minimum Gasteiger partial charge on any atom is -0.389 e. The van der Waals surface area contributed by atoms with Crippen LogP contribution in [0.3, 0.4) is 0 Å². The molecule has 2 atom stereocenters. The molecule has 0 aromatic carbocycles. The monoisotopic (exact) mass is 436 g/mol.